The van der Waals surface area contributed by atoms with Gasteiger partial charge in [0.1, 0.15) is 24.7 Å². The van der Waals surface area contributed by atoms with Crippen LogP contribution in [0.15, 0.2) is 78.9 Å². The van der Waals surface area contributed by atoms with Crippen molar-refractivity contribution in [3.8, 4) is 11.5 Å². The van der Waals surface area contributed by atoms with Gasteiger partial charge in [-0.1, -0.05) is 25.1 Å². The van der Waals surface area contributed by atoms with Crippen molar-refractivity contribution >= 4 is 17.5 Å². The molecule has 3 aromatic rings. The number of hydrogen-bond donors (Lipinski definition) is 2. The monoisotopic (exact) mass is 432 g/mol. The topological polar surface area (TPSA) is 76.7 Å². The molecule has 6 nitrogen and oxygen atoms in total. The van der Waals surface area contributed by atoms with Crippen LogP contribution in [0.25, 0.3) is 0 Å². The Labute approximate surface area is 188 Å². The van der Waals surface area contributed by atoms with Gasteiger partial charge in [0.15, 0.2) is 0 Å². The number of carbonyl (C=O) groups excluding carboxylic acids is 2. The van der Waals surface area contributed by atoms with Gasteiger partial charge in [-0.15, -0.1) is 0 Å². The molecule has 1 atom stereocenters. The Morgan fingerprint density at radius 2 is 1.28 bits per heavy atom. The number of para-hydroxylation sites is 1. The van der Waals surface area contributed by atoms with E-state index in [4.69, 9.17) is 9.47 Å². The summed E-state index contributed by atoms with van der Waals surface area (Å²) in [7, 11) is 0. The van der Waals surface area contributed by atoms with Crippen LogP contribution < -0.4 is 20.1 Å². The molecular formula is C26H28N2O4. The lowest BCUT2D eigenvalue weighted by Gasteiger charge is -2.12. The van der Waals surface area contributed by atoms with E-state index in [0.29, 0.717) is 35.8 Å². The molecule has 0 aliphatic heterocycles. The summed E-state index contributed by atoms with van der Waals surface area (Å²) in [5.74, 6) is 1.10. The standard InChI is InChI=1S/C26H28N2O4/c1-3-19(2)27-25(29)20-9-13-22(14-10-20)28-26(30)21-11-15-24(16-12-21)32-18-17-31-23-7-5-4-6-8-23/h4-16,19H,3,17-18H2,1-2H3,(H,27,29)(H,28,30). The highest BCUT2D eigenvalue weighted by molar-refractivity contribution is 6.04. The third kappa shape index (κ3) is 6.87. The maximum Gasteiger partial charge on any atom is 0.255 e. The Balaban J connectivity index is 1.46. The van der Waals surface area contributed by atoms with Gasteiger partial charge < -0.3 is 20.1 Å². The van der Waals surface area contributed by atoms with Crippen LogP contribution in [0.5, 0.6) is 11.5 Å². The molecule has 0 aliphatic rings. The molecule has 0 aliphatic carbocycles. The minimum absolute atomic E-state index is 0.116. The average Bonchev–Trinajstić information content (AvgIpc) is 2.83. The zero-order valence-corrected chi connectivity index (χ0v) is 18.3. The molecule has 0 radical (unpaired) electrons. The molecule has 0 saturated carbocycles. The van der Waals surface area contributed by atoms with Crippen LogP contribution in [0.2, 0.25) is 0 Å². The Morgan fingerprint density at radius 1 is 0.750 bits per heavy atom. The highest BCUT2D eigenvalue weighted by Gasteiger charge is 2.10. The fraction of sp³-hybridized carbons (Fsp3) is 0.231. The Kier molecular flexibility index (Phi) is 8.26. The maximum absolute atomic E-state index is 12.5. The predicted molar refractivity (Wildman–Crippen MR) is 125 cm³/mol. The molecule has 0 bridgehead atoms. The summed E-state index contributed by atoms with van der Waals surface area (Å²) in [6.45, 7) is 4.80. The third-order valence-electron chi connectivity index (χ3n) is 4.88. The van der Waals surface area contributed by atoms with Crippen LogP contribution in [0.1, 0.15) is 41.0 Å². The van der Waals surface area contributed by atoms with Crippen molar-refractivity contribution in [2.75, 3.05) is 18.5 Å². The number of ether oxygens (including phenoxy) is 2. The van der Waals surface area contributed by atoms with E-state index < -0.39 is 0 Å². The van der Waals surface area contributed by atoms with Gasteiger partial charge >= 0.3 is 0 Å². The van der Waals surface area contributed by atoms with Gasteiger partial charge in [0.05, 0.1) is 0 Å². The minimum atomic E-state index is -0.235. The second-order valence-corrected chi connectivity index (χ2v) is 7.35. The van der Waals surface area contributed by atoms with Crippen LogP contribution in [0.4, 0.5) is 5.69 Å². The Bertz CT molecular complexity index is 1000. The Hall–Kier alpha value is -3.80. The summed E-state index contributed by atoms with van der Waals surface area (Å²) in [5.41, 5.74) is 1.69. The number of rotatable bonds is 10. The van der Waals surface area contributed by atoms with Gasteiger partial charge in [-0.25, -0.2) is 0 Å². The fourth-order valence-electron chi connectivity index (χ4n) is 2.86. The lowest BCUT2D eigenvalue weighted by atomic mass is 10.1. The quantitative estimate of drug-likeness (QED) is 0.446. The molecule has 166 valence electrons. The molecule has 2 amide bonds. The van der Waals surface area contributed by atoms with E-state index in [1.54, 1.807) is 48.5 Å². The van der Waals surface area contributed by atoms with E-state index in [0.717, 1.165) is 12.2 Å². The summed E-state index contributed by atoms with van der Waals surface area (Å²) in [4.78, 5) is 24.6. The molecule has 0 fully saturated rings. The zero-order chi connectivity index (χ0) is 22.8. The van der Waals surface area contributed by atoms with Gasteiger partial charge in [0, 0.05) is 22.9 Å². The number of carbonyl (C=O) groups is 2. The van der Waals surface area contributed by atoms with Crippen LogP contribution in [-0.2, 0) is 0 Å². The molecule has 3 rings (SSSR count). The van der Waals surface area contributed by atoms with E-state index in [1.165, 1.54) is 0 Å². The van der Waals surface area contributed by atoms with Gasteiger partial charge in [-0.2, -0.15) is 0 Å². The number of nitrogens with one attached hydrogen (secondary N) is 2. The molecule has 6 heteroatoms. The van der Waals surface area contributed by atoms with Crippen molar-refractivity contribution in [3.63, 3.8) is 0 Å². The molecule has 2 N–H and O–H groups in total. The predicted octanol–water partition coefficient (Wildman–Crippen LogP) is 4.93. The second kappa shape index (κ2) is 11.6. The van der Waals surface area contributed by atoms with Gasteiger partial charge in [-0.3, -0.25) is 9.59 Å². The molecular weight excluding hydrogens is 404 g/mol. The first-order valence-electron chi connectivity index (χ1n) is 10.7. The van der Waals surface area contributed by atoms with E-state index in [9.17, 15) is 9.59 Å². The largest absolute Gasteiger partial charge is 0.490 e. The van der Waals surface area contributed by atoms with Crippen molar-refractivity contribution in [2.45, 2.75) is 26.3 Å². The lowest BCUT2D eigenvalue weighted by Crippen LogP contribution is -2.31. The van der Waals surface area contributed by atoms with Gasteiger partial charge in [-0.05, 0) is 74.0 Å². The van der Waals surface area contributed by atoms with Crippen molar-refractivity contribution in [1.82, 2.24) is 5.32 Å². The van der Waals surface area contributed by atoms with E-state index in [-0.39, 0.29) is 17.9 Å². The van der Waals surface area contributed by atoms with Gasteiger partial charge in [0.25, 0.3) is 11.8 Å². The average molecular weight is 433 g/mol. The Morgan fingerprint density at radius 3 is 1.88 bits per heavy atom. The molecule has 0 heterocycles. The SMILES string of the molecule is CCC(C)NC(=O)c1ccc(NC(=O)c2ccc(OCCOc3ccccc3)cc2)cc1. The van der Waals surface area contributed by atoms with E-state index in [2.05, 4.69) is 10.6 Å². The first kappa shape index (κ1) is 22.9. The summed E-state index contributed by atoms with van der Waals surface area (Å²) in [6, 6.07) is 23.4. The van der Waals surface area contributed by atoms with Crippen LogP contribution in [0, 0.1) is 0 Å². The minimum Gasteiger partial charge on any atom is -0.490 e. The van der Waals surface area contributed by atoms with E-state index in [1.807, 2.05) is 44.2 Å². The molecule has 1 unspecified atom stereocenters. The van der Waals surface area contributed by atoms with Crippen molar-refractivity contribution in [2.24, 2.45) is 0 Å². The highest BCUT2D eigenvalue weighted by atomic mass is 16.5. The third-order valence-corrected chi connectivity index (χ3v) is 4.88. The molecule has 0 aromatic heterocycles. The maximum atomic E-state index is 12.5. The summed E-state index contributed by atoms with van der Waals surface area (Å²) < 4.78 is 11.2. The molecule has 3 aromatic carbocycles. The first-order valence-corrected chi connectivity index (χ1v) is 10.7. The number of anilines is 1. The highest BCUT2D eigenvalue weighted by Crippen LogP contribution is 2.16. The van der Waals surface area contributed by atoms with Crippen LogP contribution >= 0.6 is 0 Å². The van der Waals surface area contributed by atoms with E-state index >= 15 is 0 Å². The molecule has 0 saturated heterocycles. The smallest absolute Gasteiger partial charge is 0.255 e. The molecule has 0 spiro atoms. The van der Waals surface area contributed by atoms with Crippen molar-refractivity contribution in [1.29, 1.82) is 0 Å². The first-order chi connectivity index (χ1) is 15.5. The van der Waals surface area contributed by atoms with Crippen molar-refractivity contribution < 1.29 is 19.1 Å². The second-order valence-electron chi connectivity index (χ2n) is 7.35. The van der Waals surface area contributed by atoms with Gasteiger partial charge in [0.2, 0.25) is 0 Å². The fourth-order valence-corrected chi connectivity index (χ4v) is 2.86. The summed E-state index contributed by atoms with van der Waals surface area (Å²) in [5, 5.41) is 5.75. The zero-order valence-electron chi connectivity index (χ0n) is 18.3. The van der Waals surface area contributed by atoms with Crippen molar-refractivity contribution in [3.05, 3.63) is 90.0 Å². The summed E-state index contributed by atoms with van der Waals surface area (Å²) in [6.07, 6.45) is 0.866. The number of benzene rings is 3. The lowest BCUT2D eigenvalue weighted by molar-refractivity contribution is 0.0938. The van der Waals surface area contributed by atoms with Crippen LogP contribution in [0.3, 0.4) is 0 Å². The number of amides is 2. The van der Waals surface area contributed by atoms with Crippen LogP contribution in [-0.4, -0.2) is 31.1 Å². The molecule has 32 heavy (non-hydrogen) atoms. The normalized spacial score (nSPS) is 11.3. The summed E-state index contributed by atoms with van der Waals surface area (Å²) >= 11 is 0. The number of hydrogen-bond acceptors (Lipinski definition) is 4.